The van der Waals surface area contributed by atoms with E-state index in [1.807, 2.05) is 77.7 Å². The van der Waals surface area contributed by atoms with Crippen molar-refractivity contribution in [3.8, 4) is 11.3 Å². The van der Waals surface area contributed by atoms with Gasteiger partial charge in [-0.25, -0.2) is 0 Å². The molecule has 0 spiro atoms. The summed E-state index contributed by atoms with van der Waals surface area (Å²) in [4.78, 5) is 31.7. The molecule has 1 aliphatic carbocycles. The topological polar surface area (TPSA) is 69.6 Å². The first-order valence-corrected chi connectivity index (χ1v) is 11.5. The van der Waals surface area contributed by atoms with Gasteiger partial charge in [0.25, 0.3) is 5.91 Å². The van der Waals surface area contributed by atoms with Crippen molar-refractivity contribution in [1.82, 2.24) is 20.0 Å². The van der Waals surface area contributed by atoms with E-state index in [4.69, 9.17) is 0 Å². The van der Waals surface area contributed by atoms with Crippen LogP contribution in [0.5, 0.6) is 0 Å². The van der Waals surface area contributed by atoms with Crippen molar-refractivity contribution in [3.63, 3.8) is 0 Å². The third-order valence-electron chi connectivity index (χ3n) is 6.25. The fourth-order valence-electron chi connectivity index (χ4n) is 4.19. The predicted molar refractivity (Wildman–Crippen MR) is 127 cm³/mol. The second-order valence-electron chi connectivity index (χ2n) is 8.54. The molecule has 2 heterocycles. The van der Waals surface area contributed by atoms with Crippen LogP contribution >= 0.6 is 0 Å². The number of hydrogen-bond acceptors (Lipinski definition) is 5. The van der Waals surface area contributed by atoms with Gasteiger partial charge in [0.2, 0.25) is 5.91 Å². The van der Waals surface area contributed by atoms with E-state index in [1.165, 1.54) is 0 Å². The number of amides is 2. The van der Waals surface area contributed by atoms with Crippen molar-refractivity contribution in [3.05, 3.63) is 78.4 Å². The highest BCUT2D eigenvalue weighted by atomic mass is 16.2. The molecule has 0 bridgehead atoms. The van der Waals surface area contributed by atoms with Gasteiger partial charge in [-0.3, -0.25) is 9.59 Å². The minimum Gasteiger partial charge on any atom is -0.352 e. The Hall–Kier alpha value is -3.74. The zero-order valence-corrected chi connectivity index (χ0v) is 18.5. The molecule has 0 atom stereocenters. The van der Waals surface area contributed by atoms with Crippen LogP contribution in [0.15, 0.2) is 72.8 Å². The number of aromatic nitrogens is 2. The van der Waals surface area contributed by atoms with Crippen molar-refractivity contribution < 1.29 is 9.59 Å². The first-order chi connectivity index (χ1) is 16.2. The number of carbonyl (C=O) groups is 2. The SMILES string of the molecule is O=C(CN(C(=O)c1ccccc1)C1CC1)N1CCN(c2ccc(-c3ccccc3)nn2)CC1. The number of hydrogen-bond donors (Lipinski definition) is 0. The lowest BCUT2D eigenvalue weighted by Gasteiger charge is -2.36. The Bertz CT molecular complexity index is 1090. The van der Waals surface area contributed by atoms with Crippen LogP contribution in [0.3, 0.4) is 0 Å². The van der Waals surface area contributed by atoms with Crippen molar-refractivity contribution in [2.75, 3.05) is 37.6 Å². The van der Waals surface area contributed by atoms with Gasteiger partial charge in [0.05, 0.1) is 5.69 Å². The molecule has 2 amide bonds. The summed E-state index contributed by atoms with van der Waals surface area (Å²) in [5.74, 6) is 0.774. The summed E-state index contributed by atoms with van der Waals surface area (Å²) in [6.45, 7) is 2.75. The van der Waals surface area contributed by atoms with Gasteiger partial charge in [0.15, 0.2) is 5.82 Å². The number of carbonyl (C=O) groups excluding carboxylic acids is 2. The maximum absolute atomic E-state index is 13.0. The average Bonchev–Trinajstić information content (AvgIpc) is 3.73. The molecule has 1 saturated heterocycles. The summed E-state index contributed by atoms with van der Waals surface area (Å²) < 4.78 is 0. The zero-order valence-electron chi connectivity index (χ0n) is 18.5. The van der Waals surface area contributed by atoms with Crippen LogP contribution in [-0.4, -0.2) is 70.6 Å². The summed E-state index contributed by atoms with van der Waals surface area (Å²) in [6, 6.07) is 23.4. The molecule has 7 heteroatoms. The monoisotopic (exact) mass is 441 g/mol. The minimum atomic E-state index is -0.0566. The van der Waals surface area contributed by atoms with Crippen LogP contribution in [-0.2, 0) is 4.79 Å². The highest BCUT2D eigenvalue weighted by molar-refractivity contribution is 5.97. The molecule has 2 aliphatic rings. The second kappa shape index (κ2) is 9.40. The Morgan fingerprint density at radius 3 is 2.09 bits per heavy atom. The van der Waals surface area contributed by atoms with Gasteiger partial charge in [-0.1, -0.05) is 48.5 Å². The maximum atomic E-state index is 13.0. The predicted octanol–water partition coefficient (Wildman–Crippen LogP) is 3.10. The molecular weight excluding hydrogens is 414 g/mol. The third-order valence-corrected chi connectivity index (χ3v) is 6.25. The molecule has 1 aromatic heterocycles. The number of anilines is 1. The van der Waals surface area contributed by atoms with E-state index >= 15 is 0 Å². The second-order valence-corrected chi connectivity index (χ2v) is 8.54. The van der Waals surface area contributed by atoms with Crippen LogP contribution < -0.4 is 4.90 Å². The van der Waals surface area contributed by atoms with E-state index in [-0.39, 0.29) is 24.4 Å². The molecule has 0 radical (unpaired) electrons. The van der Waals surface area contributed by atoms with Crippen molar-refractivity contribution in [1.29, 1.82) is 0 Å². The Balaban J connectivity index is 1.17. The Kier molecular flexibility index (Phi) is 6.02. The Labute approximate surface area is 193 Å². The molecule has 3 aromatic rings. The largest absolute Gasteiger partial charge is 0.352 e. The fraction of sp³-hybridized carbons (Fsp3) is 0.308. The Morgan fingerprint density at radius 2 is 1.48 bits per heavy atom. The first kappa shape index (κ1) is 21.1. The van der Waals surface area contributed by atoms with Crippen LogP contribution in [0.25, 0.3) is 11.3 Å². The molecule has 168 valence electrons. The summed E-state index contributed by atoms with van der Waals surface area (Å²) in [7, 11) is 0. The summed E-state index contributed by atoms with van der Waals surface area (Å²) in [6.07, 6.45) is 1.94. The Morgan fingerprint density at radius 1 is 0.818 bits per heavy atom. The average molecular weight is 442 g/mol. The number of piperazine rings is 1. The van der Waals surface area contributed by atoms with Gasteiger partial charge in [-0.05, 0) is 37.1 Å². The number of nitrogens with zero attached hydrogens (tertiary/aromatic N) is 5. The highest BCUT2D eigenvalue weighted by Crippen LogP contribution is 2.28. The van der Waals surface area contributed by atoms with Gasteiger partial charge >= 0.3 is 0 Å². The van der Waals surface area contributed by atoms with Gasteiger partial charge in [-0.15, -0.1) is 10.2 Å². The summed E-state index contributed by atoms with van der Waals surface area (Å²) in [5.41, 5.74) is 2.52. The molecule has 2 aromatic carbocycles. The summed E-state index contributed by atoms with van der Waals surface area (Å²) in [5, 5.41) is 8.78. The first-order valence-electron chi connectivity index (χ1n) is 11.5. The van der Waals surface area contributed by atoms with Crippen LogP contribution in [0.2, 0.25) is 0 Å². The molecule has 33 heavy (non-hydrogen) atoms. The van der Waals surface area contributed by atoms with Crippen molar-refractivity contribution >= 4 is 17.6 Å². The van der Waals surface area contributed by atoms with Crippen LogP contribution in [0.4, 0.5) is 5.82 Å². The fourth-order valence-corrected chi connectivity index (χ4v) is 4.19. The maximum Gasteiger partial charge on any atom is 0.254 e. The van der Waals surface area contributed by atoms with Gasteiger partial charge < -0.3 is 14.7 Å². The summed E-state index contributed by atoms with van der Waals surface area (Å²) >= 11 is 0. The molecule has 0 unspecified atom stereocenters. The quantitative estimate of drug-likeness (QED) is 0.588. The molecule has 7 nitrogen and oxygen atoms in total. The van der Waals surface area contributed by atoms with E-state index in [0.29, 0.717) is 31.7 Å². The van der Waals surface area contributed by atoms with Gasteiger partial charge in [0.1, 0.15) is 6.54 Å². The van der Waals surface area contributed by atoms with Gasteiger partial charge in [0, 0.05) is 43.3 Å². The minimum absolute atomic E-state index is 0.0105. The van der Waals surface area contributed by atoms with E-state index in [2.05, 4.69) is 15.1 Å². The van der Waals surface area contributed by atoms with Gasteiger partial charge in [-0.2, -0.15) is 0 Å². The smallest absolute Gasteiger partial charge is 0.254 e. The van der Waals surface area contributed by atoms with Crippen LogP contribution in [0, 0.1) is 0 Å². The molecule has 5 rings (SSSR count). The lowest BCUT2D eigenvalue weighted by molar-refractivity contribution is -0.132. The van der Waals surface area contributed by atoms with E-state index in [1.54, 1.807) is 4.90 Å². The van der Waals surface area contributed by atoms with E-state index in [9.17, 15) is 9.59 Å². The zero-order chi connectivity index (χ0) is 22.6. The highest BCUT2D eigenvalue weighted by Gasteiger charge is 2.35. The number of rotatable bonds is 6. The number of benzene rings is 2. The molecular formula is C26H27N5O2. The van der Waals surface area contributed by atoms with Crippen molar-refractivity contribution in [2.45, 2.75) is 18.9 Å². The van der Waals surface area contributed by atoms with Crippen LogP contribution in [0.1, 0.15) is 23.2 Å². The molecule has 1 aliphatic heterocycles. The molecule has 1 saturated carbocycles. The van der Waals surface area contributed by atoms with E-state index < -0.39 is 0 Å². The van der Waals surface area contributed by atoms with E-state index in [0.717, 1.165) is 29.9 Å². The lowest BCUT2D eigenvalue weighted by atomic mass is 10.1. The normalized spacial score (nSPS) is 15.9. The standard InChI is InChI=1S/C26H27N5O2/c32-25(19-31(22-11-12-22)26(33)21-9-5-2-6-10-21)30-17-15-29(16-18-30)24-14-13-23(27-28-24)20-7-3-1-4-8-20/h1-10,13-14,22H,11-12,15-19H2. The van der Waals surface area contributed by atoms with Crippen molar-refractivity contribution in [2.24, 2.45) is 0 Å². The molecule has 0 N–H and O–H groups in total. The molecule has 2 fully saturated rings. The lowest BCUT2D eigenvalue weighted by Crippen LogP contribution is -2.52. The third kappa shape index (κ3) is 4.87.